The number of aryl methyl sites for hydroxylation is 1. The standard InChI is InChI=1S/C19H27N/c1-6-8-15-9-7-10-16(13-15)18-14-17(19(2,3)4)11-12-20(18)5/h7,9-14,18H,6,8H2,1-5H3. The van der Waals surface area contributed by atoms with Gasteiger partial charge in [-0.3, -0.25) is 0 Å². The van der Waals surface area contributed by atoms with Crippen LogP contribution in [0.4, 0.5) is 0 Å². The van der Waals surface area contributed by atoms with E-state index >= 15 is 0 Å². The molecule has 0 aliphatic carbocycles. The molecule has 0 radical (unpaired) electrons. The topological polar surface area (TPSA) is 3.24 Å². The molecule has 1 atom stereocenters. The largest absolute Gasteiger partial charge is 0.370 e. The molecule has 2 rings (SSSR count). The molecule has 0 aromatic heterocycles. The third-order valence-electron chi connectivity index (χ3n) is 3.96. The van der Waals surface area contributed by atoms with E-state index in [1.54, 1.807) is 0 Å². The van der Waals surface area contributed by atoms with Crippen molar-refractivity contribution in [3.05, 3.63) is 59.3 Å². The summed E-state index contributed by atoms with van der Waals surface area (Å²) in [5.74, 6) is 0. The van der Waals surface area contributed by atoms with E-state index in [4.69, 9.17) is 0 Å². The van der Waals surface area contributed by atoms with Crippen molar-refractivity contribution in [1.29, 1.82) is 0 Å². The molecule has 0 bridgehead atoms. The normalized spacial score (nSPS) is 19.1. The molecule has 1 unspecified atom stereocenters. The fourth-order valence-electron chi connectivity index (χ4n) is 2.69. The third kappa shape index (κ3) is 3.33. The minimum atomic E-state index is 0.205. The van der Waals surface area contributed by atoms with Gasteiger partial charge in [0.15, 0.2) is 0 Å². The molecule has 1 aromatic rings. The Morgan fingerprint density at radius 1 is 1.20 bits per heavy atom. The van der Waals surface area contributed by atoms with Crippen LogP contribution in [0.5, 0.6) is 0 Å². The lowest BCUT2D eigenvalue weighted by atomic mass is 9.83. The van der Waals surface area contributed by atoms with E-state index in [2.05, 4.69) is 82.3 Å². The van der Waals surface area contributed by atoms with Crippen molar-refractivity contribution < 1.29 is 0 Å². The number of hydrogen-bond donors (Lipinski definition) is 0. The molecule has 0 fully saturated rings. The van der Waals surface area contributed by atoms with Crippen molar-refractivity contribution in [2.24, 2.45) is 5.41 Å². The van der Waals surface area contributed by atoms with Gasteiger partial charge in [-0.15, -0.1) is 0 Å². The first kappa shape index (κ1) is 14.9. The van der Waals surface area contributed by atoms with E-state index in [9.17, 15) is 0 Å². The van der Waals surface area contributed by atoms with Gasteiger partial charge in [0, 0.05) is 7.05 Å². The van der Waals surface area contributed by atoms with Gasteiger partial charge in [0.2, 0.25) is 0 Å². The maximum absolute atomic E-state index is 2.41. The summed E-state index contributed by atoms with van der Waals surface area (Å²) < 4.78 is 0. The van der Waals surface area contributed by atoms with Gasteiger partial charge >= 0.3 is 0 Å². The van der Waals surface area contributed by atoms with E-state index in [-0.39, 0.29) is 5.41 Å². The van der Waals surface area contributed by atoms with Crippen LogP contribution in [0.1, 0.15) is 51.3 Å². The zero-order chi connectivity index (χ0) is 14.8. The first-order chi connectivity index (χ1) is 9.41. The zero-order valence-electron chi connectivity index (χ0n) is 13.5. The first-order valence-corrected chi connectivity index (χ1v) is 7.63. The molecule has 1 aliphatic heterocycles. The lowest BCUT2D eigenvalue weighted by Crippen LogP contribution is -2.23. The summed E-state index contributed by atoms with van der Waals surface area (Å²) in [6.07, 6.45) is 9.22. The number of hydrogen-bond acceptors (Lipinski definition) is 1. The Balaban J connectivity index is 2.33. The van der Waals surface area contributed by atoms with Crippen molar-refractivity contribution in [2.45, 2.75) is 46.6 Å². The van der Waals surface area contributed by atoms with Crippen molar-refractivity contribution in [1.82, 2.24) is 4.90 Å². The van der Waals surface area contributed by atoms with Crippen LogP contribution in [0.2, 0.25) is 0 Å². The van der Waals surface area contributed by atoms with Gasteiger partial charge < -0.3 is 4.90 Å². The second kappa shape index (κ2) is 5.87. The molecule has 1 aromatic carbocycles. The molecule has 1 nitrogen and oxygen atoms in total. The second-order valence-electron chi connectivity index (χ2n) is 6.79. The van der Waals surface area contributed by atoms with Crippen molar-refractivity contribution in [2.75, 3.05) is 7.05 Å². The highest BCUT2D eigenvalue weighted by atomic mass is 15.1. The SMILES string of the molecule is CCCc1cccc(C2C=C(C(C)(C)C)C=CN2C)c1. The molecule has 20 heavy (non-hydrogen) atoms. The van der Waals surface area contributed by atoms with Crippen LogP contribution in [-0.4, -0.2) is 11.9 Å². The molecule has 0 saturated carbocycles. The summed E-state index contributed by atoms with van der Waals surface area (Å²) in [7, 11) is 2.16. The number of rotatable bonds is 3. The van der Waals surface area contributed by atoms with Gasteiger partial charge in [-0.1, -0.05) is 64.5 Å². The fraction of sp³-hybridized carbons (Fsp3) is 0.474. The summed E-state index contributed by atoms with van der Waals surface area (Å²) >= 11 is 0. The lowest BCUT2D eigenvalue weighted by Gasteiger charge is -2.33. The molecule has 0 spiro atoms. The Morgan fingerprint density at radius 2 is 1.95 bits per heavy atom. The number of benzene rings is 1. The molecule has 108 valence electrons. The van der Waals surface area contributed by atoms with Crippen LogP contribution in [0, 0.1) is 5.41 Å². The summed E-state index contributed by atoms with van der Waals surface area (Å²) in [5, 5.41) is 0. The number of allylic oxidation sites excluding steroid dienone is 2. The molecule has 0 N–H and O–H groups in total. The molecule has 0 saturated heterocycles. The summed E-state index contributed by atoms with van der Waals surface area (Å²) in [5.41, 5.74) is 4.46. The predicted molar refractivity (Wildman–Crippen MR) is 87.6 cm³/mol. The van der Waals surface area contributed by atoms with Crippen LogP contribution in [0.25, 0.3) is 0 Å². The van der Waals surface area contributed by atoms with Crippen LogP contribution in [-0.2, 0) is 6.42 Å². The highest BCUT2D eigenvalue weighted by Crippen LogP contribution is 2.34. The molecule has 1 aliphatic rings. The van der Waals surface area contributed by atoms with E-state index in [0.29, 0.717) is 6.04 Å². The minimum Gasteiger partial charge on any atom is -0.370 e. The molecule has 1 heterocycles. The first-order valence-electron chi connectivity index (χ1n) is 7.63. The Kier molecular flexibility index (Phi) is 4.37. The average Bonchev–Trinajstić information content (AvgIpc) is 2.38. The van der Waals surface area contributed by atoms with Gasteiger partial charge in [0.1, 0.15) is 0 Å². The Hall–Kier alpha value is -1.50. The van der Waals surface area contributed by atoms with E-state index < -0.39 is 0 Å². The van der Waals surface area contributed by atoms with Gasteiger partial charge in [0.05, 0.1) is 6.04 Å². The Morgan fingerprint density at radius 3 is 2.60 bits per heavy atom. The molecule has 0 amide bonds. The zero-order valence-corrected chi connectivity index (χ0v) is 13.5. The molecular weight excluding hydrogens is 242 g/mol. The number of likely N-dealkylation sites (N-methyl/N-ethyl adjacent to an activating group) is 1. The van der Waals surface area contributed by atoms with Gasteiger partial charge in [-0.25, -0.2) is 0 Å². The fourth-order valence-corrected chi connectivity index (χ4v) is 2.69. The van der Waals surface area contributed by atoms with Gasteiger partial charge in [-0.05, 0) is 40.8 Å². The van der Waals surface area contributed by atoms with Gasteiger partial charge in [-0.2, -0.15) is 0 Å². The van der Waals surface area contributed by atoms with E-state index in [0.717, 1.165) is 6.42 Å². The highest BCUT2D eigenvalue weighted by molar-refractivity contribution is 5.36. The van der Waals surface area contributed by atoms with Crippen LogP contribution in [0.15, 0.2) is 48.2 Å². The second-order valence-corrected chi connectivity index (χ2v) is 6.79. The van der Waals surface area contributed by atoms with Gasteiger partial charge in [0.25, 0.3) is 0 Å². The van der Waals surface area contributed by atoms with Crippen LogP contribution < -0.4 is 0 Å². The lowest BCUT2D eigenvalue weighted by molar-refractivity contribution is 0.375. The molecule has 1 heteroatoms. The maximum atomic E-state index is 2.41. The highest BCUT2D eigenvalue weighted by Gasteiger charge is 2.22. The molecular formula is C19H27N. The third-order valence-corrected chi connectivity index (χ3v) is 3.96. The van der Waals surface area contributed by atoms with Crippen molar-refractivity contribution in [3.8, 4) is 0 Å². The van der Waals surface area contributed by atoms with Crippen LogP contribution in [0.3, 0.4) is 0 Å². The van der Waals surface area contributed by atoms with E-state index in [1.807, 2.05) is 0 Å². The van der Waals surface area contributed by atoms with Crippen molar-refractivity contribution in [3.63, 3.8) is 0 Å². The summed E-state index contributed by atoms with van der Waals surface area (Å²) in [6.45, 7) is 9.07. The Labute approximate surface area is 124 Å². The average molecular weight is 269 g/mol. The summed E-state index contributed by atoms with van der Waals surface area (Å²) in [6, 6.07) is 9.39. The quantitative estimate of drug-likeness (QED) is 0.737. The number of nitrogens with zero attached hydrogens (tertiary/aromatic N) is 1. The predicted octanol–water partition coefficient (Wildman–Crippen LogP) is 5.11. The van der Waals surface area contributed by atoms with Crippen LogP contribution >= 0.6 is 0 Å². The summed E-state index contributed by atoms with van der Waals surface area (Å²) in [4.78, 5) is 2.29. The van der Waals surface area contributed by atoms with Crippen molar-refractivity contribution >= 4 is 0 Å². The van der Waals surface area contributed by atoms with E-state index in [1.165, 1.54) is 23.1 Å². The maximum Gasteiger partial charge on any atom is 0.0723 e. The smallest absolute Gasteiger partial charge is 0.0723 e. The Bertz CT molecular complexity index is 517. The monoisotopic (exact) mass is 269 g/mol. The minimum absolute atomic E-state index is 0.205.